The van der Waals surface area contributed by atoms with Crippen LogP contribution in [-0.4, -0.2) is 19.5 Å². The summed E-state index contributed by atoms with van der Waals surface area (Å²) in [6, 6.07) is 15.9. The molecule has 0 atom stereocenters. The van der Waals surface area contributed by atoms with Gasteiger partial charge in [0.25, 0.3) is 0 Å². The third-order valence-electron chi connectivity index (χ3n) is 3.46. The first-order chi connectivity index (χ1) is 9.83. The molecule has 0 bridgehead atoms. The molecule has 20 heavy (non-hydrogen) atoms. The molecule has 0 aliphatic carbocycles. The average Bonchev–Trinajstić information content (AvgIpc) is 2.84. The minimum Gasteiger partial charge on any atom is -0.326 e. The lowest BCUT2D eigenvalue weighted by Gasteiger charge is -2.02. The second kappa shape index (κ2) is 4.13. The zero-order valence-corrected chi connectivity index (χ0v) is 11.0. The Balaban J connectivity index is 1.98. The Morgan fingerprint density at radius 2 is 1.50 bits per heavy atom. The maximum Gasteiger partial charge on any atom is 0.161 e. The number of benzene rings is 2. The monoisotopic (exact) mass is 260 g/mol. The van der Waals surface area contributed by atoms with Gasteiger partial charge in [0.15, 0.2) is 5.82 Å². The second-order valence-electron chi connectivity index (χ2n) is 4.73. The van der Waals surface area contributed by atoms with Crippen LogP contribution in [0.4, 0.5) is 0 Å². The Morgan fingerprint density at radius 1 is 0.800 bits per heavy atom. The second-order valence-corrected chi connectivity index (χ2v) is 4.73. The van der Waals surface area contributed by atoms with E-state index in [9.17, 15) is 0 Å². The zero-order chi connectivity index (χ0) is 13.5. The zero-order valence-electron chi connectivity index (χ0n) is 11.0. The van der Waals surface area contributed by atoms with Crippen molar-refractivity contribution in [1.29, 1.82) is 0 Å². The molecular weight excluding hydrogens is 248 g/mol. The topological polar surface area (TPSA) is 43.6 Å². The molecular formula is C16H12N4. The van der Waals surface area contributed by atoms with Gasteiger partial charge in [-0.25, -0.2) is 9.97 Å². The Morgan fingerprint density at radius 3 is 2.30 bits per heavy atom. The number of imidazole rings is 1. The summed E-state index contributed by atoms with van der Waals surface area (Å²) in [6.45, 7) is 0. The summed E-state index contributed by atoms with van der Waals surface area (Å²) in [5, 5.41) is 0. The predicted octanol–water partition coefficient (Wildman–Crippen LogP) is 3.18. The maximum absolute atomic E-state index is 4.66. The number of nitrogens with zero attached hydrogens (tertiary/aromatic N) is 4. The fourth-order valence-corrected chi connectivity index (χ4v) is 2.44. The van der Waals surface area contributed by atoms with Crippen molar-refractivity contribution in [2.45, 2.75) is 0 Å². The van der Waals surface area contributed by atoms with E-state index in [0.29, 0.717) is 0 Å². The van der Waals surface area contributed by atoms with Gasteiger partial charge in [-0.1, -0.05) is 24.3 Å². The van der Waals surface area contributed by atoms with Gasteiger partial charge in [-0.15, -0.1) is 0 Å². The summed E-state index contributed by atoms with van der Waals surface area (Å²) < 4.78 is 2.05. The van der Waals surface area contributed by atoms with Gasteiger partial charge in [-0.3, -0.25) is 4.98 Å². The Hall–Kier alpha value is -2.75. The number of fused-ring (bicyclic) bond motifs is 2. The van der Waals surface area contributed by atoms with Crippen LogP contribution in [0.15, 0.2) is 54.7 Å². The molecule has 2 aromatic carbocycles. The van der Waals surface area contributed by atoms with Gasteiger partial charge in [0.05, 0.1) is 28.3 Å². The fraction of sp³-hybridized carbons (Fsp3) is 0.0625. The SMILES string of the molecule is Cn1c(-c2cnc3ccccc3n2)nc2ccccc21. The summed E-state index contributed by atoms with van der Waals surface area (Å²) in [6.07, 6.45) is 1.78. The van der Waals surface area contributed by atoms with Gasteiger partial charge in [-0.2, -0.15) is 0 Å². The van der Waals surface area contributed by atoms with E-state index in [1.54, 1.807) is 6.20 Å². The Bertz CT molecular complexity index is 924. The highest BCUT2D eigenvalue weighted by atomic mass is 15.1. The van der Waals surface area contributed by atoms with Crippen LogP contribution in [0.1, 0.15) is 0 Å². The maximum atomic E-state index is 4.66. The molecule has 2 heterocycles. The third kappa shape index (κ3) is 1.58. The van der Waals surface area contributed by atoms with Crippen LogP contribution in [0, 0.1) is 0 Å². The van der Waals surface area contributed by atoms with Gasteiger partial charge in [0.1, 0.15) is 5.69 Å². The van der Waals surface area contributed by atoms with E-state index in [4.69, 9.17) is 0 Å². The van der Waals surface area contributed by atoms with Crippen LogP contribution in [0.2, 0.25) is 0 Å². The normalized spacial score (nSPS) is 11.2. The highest BCUT2D eigenvalue weighted by Crippen LogP contribution is 2.22. The fourth-order valence-electron chi connectivity index (χ4n) is 2.44. The van der Waals surface area contributed by atoms with Crippen LogP contribution in [0.5, 0.6) is 0 Å². The number of aryl methyl sites for hydroxylation is 1. The molecule has 4 rings (SSSR count). The van der Waals surface area contributed by atoms with E-state index >= 15 is 0 Å². The van der Waals surface area contributed by atoms with Crippen molar-refractivity contribution in [2.24, 2.45) is 7.05 Å². The highest BCUT2D eigenvalue weighted by molar-refractivity contribution is 5.81. The van der Waals surface area contributed by atoms with Crippen molar-refractivity contribution in [3.8, 4) is 11.5 Å². The molecule has 4 nitrogen and oxygen atoms in total. The predicted molar refractivity (Wildman–Crippen MR) is 79.2 cm³/mol. The van der Waals surface area contributed by atoms with Gasteiger partial charge in [0, 0.05) is 7.05 Å². The number of rotatable bonds is 1. The van der Waals surface area contributed by atoms with E-state index in [2.05, 4.69) is 21.0 Å². The molecule has 0 unspecified atom stereocenters. The highest BCUT2D eigenvalue weighted by Gasteiger charge is 2.11. The lowest BCUT2D eigenvalue weighted by molar-refractivity contribution is 0.950. The van der Waals surface area contributed by atoms with Crippen LogP contribution >= 0.6 is 0 Å². The molecule has 0 fully saturated rings. The average molecular weight is 260 g/mol. The molecule has 0 saturated heterocycles. The van der Waals surface area contributed by atoms with Crippen LogP contribution < -0.4 is 0 Å². The largest absolute Gasteiger partial charge is 0.326 e. The molecule has 96 valence electrons. The molecule has 0 radical (unpaired) electrons. The lowest BCUT2D eigenvalue weighted by atomic mass is 10.3. The number of hydrogen-bond acceptors (Lipinski definition) is 3. The molecule has 0 aliphatic rings. The molecule has 0 N–H and O–H groups in total. The first kappa shape index (κ1) is 11.1. The minimum atomic E-state index is 0.794. The third-order valence-corrected chi connectivity index (χ3v) is 3.46. The first-order valence-electron chi connectivity index (χ1n) is 6.46. The van der Waals surface area contributed by atoms with Crippen LogP contribution in [-0.2, 0) is 7.05 Å². The van der Waals surface area contributed by atoms with E-state index in [1.807, 2.05) is 54.1 Å². The van der Waals surface area contributed by atoms with Gasteiger partial charge in [0.2, 0.25) is 0 Å². The van der Waals surface area contributed by atoms with Crippen molar-refractivity contribution in [3.05, 3.63) is 54.7 Å². The Kier molecular flexibility index (Phi) is 2.29. The van der Waals surface area contributed by atoms with Gasteiger partial charge >= 0.3 is 0 Å². The summed E-state index contributed by atoms with van der Waals surface area (Å²) in [4.78, 5) is 13.8. The van der Waals surface area contributed by atoms with Gasteiger partial charge < -0.3 is 4.57 Å². The minimum absolute atomic E-state index is 0.794. The van der Waals surface area contributed by atoms with E-state index in [0.717, 1.165) is 33.6 Å². The quantitative estimate of drug-likeness (QED) is 0.528. The lowest BCUT2D eigenvalue weighted by Crippen LogP contribution is -1.96. The van der Waals surface area contributed by atoms with Crippen molar-refractivity contribution >= 4 is 22.1 Å². The standard InChI is InChI=1S/C16H12N4/c1-20-15-9-5-4-8-13(15)19-16(20)14-10-17-11-6-2-3-7-12(11)18-14/h2-10H,1H3. The smallest absolute Gasteiger partial charge is 0.161 e. The van der Waals surface area contributed by atoms with Crippen LogP contribution in [0.25, 0.3) is 33.6 Å². The van der Waals surface area contributed by atoms with Crippen molar-refractivity contribution < 1.29 is 0 Å². The van der Waals surface area contributed by atoms with Crippen molar-refractivity contribution in [1.82, 2.24) is 19.5 Å². The molecule has 0 saturated carbocycles. The molecule has 0 aliphatic heterocycles. The van der Waals surface area contributed by atoms with E-state index in [-0.39, 0.29) is 0 Å². The van der Waals surface area contributed by atoms with E-state index in [1.165, 1.54) is 0 Å². The van der Waals surface area contributed by atoms with Crippen molar-refractivity contribution in [2.75, 3.05) is 0 Å². The number of aromatic nitrogens is 4. The number of para-hydroxylation sites is 4. The van der Waals surface area contributed by atoms with Gasteiger partial charge in [-0.05, 0) is 24.3 Å². The Labute approximate surface area is 115 Å². The summed E-state index contributed by atoms with van der Waals surface area (Å²) >= 11 is 0. The van der Waals surface area contributed by atoms with E-state index < -0.39 is 0 Å². The molecule has 0 spiro atoms. The summed E-state index contributed by atoms with van der Waals surface area (Å²) in [5.74, 6) is 0.837. The van der Waals surface area contributed by atoms with Crippen molar-refractivity contribution in [3.63, 3.8) is 0 Å². The molecule has 4 heteroatoms. The summed E-state index contributed by atoms with van der Waals surface area (Å²) in [7, 11) is 2.00. The number of hydrogen-bond donors (Lipinski definition) is 0. The molecule has 2 aromatic heterocycles. The molecule has 0 amide bonds. The van der Waals surface area contributed by atoms with Crippen LogP contribution in [0.3, 0.4) is 0 Å². The summed E-state index contributed by atoms with van der Waals surface area (Å²) in [5.41, 5.74) is 4.65. The first-order valence-corrected chi connectivity index (χ1v) is 6.46. The molecule has 4 aromatic rings.